The number of carboxylic acids is 1. The number of nitrogens with zero attached hydrogens (tertiary/aromatic N) is 2. The molecule has 0 fully saturated rings. The molecule has 0 amide bonds. The van der Waals surface area contributed by atoms with Gasteiger partial charge in [0, 0.05) is 37.3 Å². The highest BCUT2D eigenvalue weighted by Crippen LogP contribution is 2.15. The number of carboxylic acid groups (broad SMARTS) is 1. The quantitative estimate of drug-likeness (QED) is 0.581. The van der Waals surface area contributed by atoms with Gasteiger partial charge in [-0.1, -0.05) is 0 Å². The normalized spacial score (nSPS) is 14.0. The summed E-state index contributed by atoms with van der Waals surface area (Å²) in [5.41, 5.74) is 4.08. The summed E-state index contributed by atoms with van der Waals surface area (Å²) in [5.74, 6) is -1.46. The van der Waals surface area contributed by atoms with E-state index in [2.05, 4.69) is 0 Å². The molecule has 0 radical (unpaired) electrons. The number of aliphatic carboxylic acids is 1. The minimum Gasteiger partial charge on any atom is -0.856 e. The molecule has 0 bridgehead atoms. The number of carbonyl (C=O) groups is 1. The zero-order chi connectivity index (χ0) is 15.6. The molecule has 1 aromatic rings. The third kappa shape index (κ3) is 3.05. The van der Waals surface area contributed by atoms with E-state index in [0.717, 1.165) is 9.13 Å². The van der Waals surface area contributed by atoms with Crippen LogP contribution in [0.2, 0.25) is 0 Å². The number of nitrogens with two attached hydrogens (primary N) is 1. The first kappa shape index (κ1) is 16.3. The van der Waals surface area contributed by atoms with Gasteiger partial charge in [-0.3, -0.25) is 14.2 Å². The van der Waals surface area contributed by atoms with E-state index < -0.39 is 40.0 Å². The van der Waals surface area contributed by atoms with Crippen LogP contribution in [-0.2, 0) is 29.8 Å². The third-order valence-electron chi connectivity index (χ3n) is 2.97. The lowest BCUT2D eigenvalue weighted by Gasteiger charge is -2.17. The van der Waals surface area contributed by atoms with Gasteiger partial charge in [0.05, 0.1) is 0 Å². The predicted octanol–water partition coefficient (Wildman–Crippen LogP) is -2.43. The Kier molecular flexibility index (Phi) is 5.01. The van der Waals surface area contributed by atoms with Crippen LogP contribution in [0.25, 0.3) is 0 Å². The van der Waals surface area contributed by atoms with Gasteiger partial charge in [0.2, 0.25) is 4.90 Å². The molecule has 0 aliphatic rings. The van der Waals surface area contributed by atoms with Gasteiger partial charge in [0.15, 0.2) is 0 Å². The second kappa shape index (κ2) is 6.14. The highest BCUT2D eigenvalue weighted by Gasteiger charge is 2.26. The molecule has 2 atom stereocenters. The van der Waals surface area contributed by atoms with Gasteiger partial charge in [-0.2, -0.15) is 0 Å². The molecule has 0 saturated carbocycles. The topological polar surface area (TPSA) is 130 Å². The Hall–Kier alpha value is -1.74. The zero-order valence-corrected chi connectivity index (χ0v) is 12.3. The van der Waals surface area contributed by atoms with Gasteiger partial charge < -0.3 is 20.5 Å². The molecule has 0 aliphatic heterocycles. The van der Waals surface area contributed by atoms with Crippen LogP contribution in [0.3, 0.4) is 0 Å². The van der Waals surface area contributed by atoms with E-state index in [1.54, 1.807) is 6.26 Å². The lowest BCUT2D eigenvalue weighted by atomic mass is 10.2. The summed E-state index contributed by atoms with van der Waals surface area (Å²) < 4.78 is 1.74. The van der Waals surface area contributed by atoms with Crippen LogP contribution in [0.1, 0.15) is 6.42 Å². The van der Waals surface area contributed by atoms with Gasteiger partial charge in [0.1, 0.15) is 18.1 Å². The van der Waals surface area contributed by atoms with Crippen molar-refractivity contribution in [2.75, 3.05) is 12.0 Å². The maximum Gasteiger partial charge on any atom is 0.330 e. The average Bonchev–Trinajstić information content (AvgIpc) is 2.40. The Labute approximate surface area is 117 Å². The fraction of sp³-hybridized carbons (Fsp3) is 0.545. The first-order valence-electron chi connectivity index (χ1n) is 5.76. The molecule has 0 aromatic carbocycles. The van der Waals surface area contributed by atoms with Crippen LogP contribution in [0.15, 0.2) is 14.5 Å². The lowest BCUT2D eigenvalue weighted by molar-refractivity contribution is -0.284. The molecule has 1 heterocycles. The number of rotatable bonds is 5. The van der Waals surface area contributed by atoms with Crippen LogP contribution in [0.5, 0.6) is 5.88 Å². The summed E-state index contributed by atoms with van der Waals surface area (Å²) in [6.45, 7) is 0. The summed E-state index contributed by atoms with van der Waals surface area (Å²) in [5, 5.41) is 20.7. The number of hydrogen-bond donors (Lipinski definition) is 2. The van der Waals surface area contributed by atoms with Gasteiger partial charge in [-0.05, 0) is 0 Å². The van der Waals surface area contributed by atoms with Gasteiger partial charge >= 0.3 is 17.2 Å². The van der Waals surface area contributed by atoms with E-state index in [4.69, 9.17) is 10.8 Å². The first-order valence-corrected chi connectivity index (χ1v) is 7.56. The summed E-state index contributed by atoms with van der Waals surface area (Å²) in [6, 6.07) is -1.03. The van der Waals surface area contributed by atoms with E-state index in [1.165, 1.54) is 14.1 Å². The van der Waals surface area contributed by atoms with Crippen LogP contribution in [-0.4, -0.2) is 38.3 Å². The maximum atomic E-state index is 12.0. The largest absolute Gasteiger partial charge is 0.856 e. The van der Waals surface area contributed by atoms with Gasteiger partial charge in [0.25, 0.3) is 0 Å². The van der Waals surface area contributed by atoms with E-state index in [-0.39, 0.29) is 11.3 Å². The summed E-state index contributed by atoms with van der Waals surface area (Å²) in [7, 11) is 1.83. The second-order valence-corrected chi connectivity index (χ2v) is 6.51. The van der Waals surface area contributed by atoms with Gasteiger partial charge in [-0.25, -0.2) is 4.79 Å². The van der Waals surface area contributed by atoms with Crippen LogP contribution < -0.4 is 22.1 Å². The monoisotopic (exact) mass is 303 g/mol. The highest BCUT2D eigenvalue weighted by atomic mass is 32.2. The van der Waals surface area contributed by atoms with Crippen molar-refractivity contribution in [3.05, 3.63) is 20.8 Å². The highest BCUT2D eigenvalue weighted by molar-refractivity contribution is 7.96. The van der Waals surface area contributed by atoms with Crippen LogP contribution in [0.4, 0.5) is 0 Å². The summed E-state index contributed by atoms with van der Waals surface area (Å²) in [6.07, 6.45) is 1.82. The van der Waals surface area contributed by atoms with Gasteiger partial charge in [-0.15, -0.1) is 0 Å². The van der Waals surface area contributed by atoms with Crippen molar-refractivity contribution in [1.29, 1.82) is 0 Å². The molecule has 2 unspecified atom stereocenters. The lowest BCUT2D eigenvalue weighted by Crippen LogP contribution is -2.42. The molecule has 1 rings (SSSR count). The number of hydrogen-bond acceptors (Lipinski definition) is 5. The molecule has 8 nitrogen and oxygen atoms in total. The summed E-state index contributed by atoms with van der Waals surface area (Å²) in [4.78, 5) is 34.2. The first-order chi connectivity index (χ1) is 9.18. The van der Waals surface area contributed by atoms with E-state index >= 15 is 0 Å². The standard InChI is InChI=1S/C11H17N3O5S/c1-13-8(15)7(9(16)14(2)11(13)19)20(3)5-4-6(12)10(17)18/h6H,4-5,12H2,1-3H3,(H-,15,16,17,18). The maximum absolute atomic E-state index is 12.0. The Balaban J connectivity index is 3.12. The Bertz CT molecular complexity index is 636. The van der Waals surface area contributed by atoms with Crippen molar-refractivity contribution in [2.24, 2.45) is 19.8 Å². The Morgan fingerprint density at radius 2 is 1.95 bits per heavy atom. The van der Waals surface area contributed by atoms with Crippen LogP contribution >= 0.6 is 0 Å². The molecule has 20 heavy (non-hydrogen) atoms. The molecular formula is C11H17N3O5S. The molecule has 112 valence electrons. The third-order valence-corrected chi connectivity index (χ3v) is 4.87. The molecule has 0 aliphatic carbocycles. The smallest absolute Gasteiger partial charge is 0.330 e. The fourth-order valence-electron chi connectivity index (χ4n) is 1.62. The summed E-state index contributed by atoms with van der Waals surface area (Å²) >= 11 is 0. The minimum absolute atomic E-state index is 0.00666. The molecule has 9 heteroatoms. The van der Waals surface area contributed by atoms with Crippen molar-refractivity contribution >= 4 is 16.9 Å². The predicted molar refractivity (Wildman–Crippen MR) is 73.0 cm³/mol. The van der Waals surface area contributed by atoms with E-state index in [9.17, 15) is 19.5 Å². The van der Waals surface area contributed by atoms with Crippen molar-refractivity contribution in [3.8, 4) is 5.88 Å². The second-order valence-electron chi connectivity index (χ2n) is 4.41. The SMILES string of the molecule is Cn1c([O-])c([S+](C)CCC(N)C(=O)O)c(=O)n(C)c1=O. The molecule has 0 spiro atoms. The Morgan fingerprint density at radius 3 is 2.45 bits per heavy atom. The van der Waals surface area contributed by atoms with E-state index in [1.807, 2.05) is 0 Å². The van der Waals surface area contributed by atoms with Crippen LogP contribution in [0, 0.1) is 0 Å². The van der Waals surface area contributed by atoms with Crippen molar-refractivity contribution in [2.45, 2.75) is 17.4 Å². The van der Waals surface area contributed by atoms with Crippen molar-refractivity contribution < 1.29 is 15.0 Å². The Morgan fingerprint density at radius 1 is 1.40 bits per heavy atom. The average molecular weight is 303 g/mol. The zero-order valence-electron chi connectivity index (χ0n) is 11.5. The molecule has 1 aromatic heterocycles. The van der Waals surface area contributed by atoms with Crippen molar-refractivity contribution in [1.82, 2.24) is 9.13 Å². The fourth-order valence-corrected chi connectivity index (χ4v) is 3.30. The minimum atomic E-state index is -1.13. The molecule has 0 saturated heterocycles. The van der Waals surface area contributed by atoms with Crippen molar-refractivity contribution in [3.63, 3.8) is 0 Å². The number of aromatic nitrogens is 2. The molecule has 3 N–H and O–H groups in total. The van der Waals surface area contributed by atoms with E-state index in [0.29, 0.717) is 5.75 Å². The molecular weight excluding hydrogens is 286 g/mol.